The Balaban J connectivity index is 1.83. The predicted octanol–water partition coefficient (Wildman–Crippen LogP) is 2.58. The van der Waals surface area contributed by atoms with Crippen molar-refractivity contribution in [2.45, 2.75) is 40.2 Å². The lowest BCUT2D eigenvalue weighted by molar-refractivity contribution is -0.121. The van der Waals surface area contributed by atoms with E-state index in [1.54, 1.807) is 0 Å². The van der Waals surface area contributed by atoms with E-state index in [0.29, 0.717) is 13.0 Å². The molecular weight excluding hydrogens is 250 g/mol. The van der Waals surface area contributed by atoms with Crippen molar-refractivity contribution in [1.29, 1.82) is 0 Å². The lowest BCUT2D eigenvalue weighted by atomic mass is 10.0. The quantitative estimate of drug-likeness (QED) is 0.878. The van der Waals surface area contributed by atoms with Gasteiger partial charge in [-0.05, 0) is 38.3 Å². The summed E-state index contributed by atoms with van der Waals surface area (Å²) in [7, 11) is 0. The molecule has 1 heterocycles. The fourth-order valence-electron chi connectivity index (χ4n) is 2.25. The molecule has 1 amide bonds. The number of hydrogen-bond acceptors (Lipinski definition) is 2. The number of aryl methyl sites for hydroxylation is 4. The zero-order chi connectivity index (χ0) is 14.5. The summed E-state index contributed by atoms with van der Waals surface area (Å²) in [4.78, 5) is 11.9. The zero-order valence-corrected chi connectivity index (χ0v) is 12.3. The molecule has 0 atom stereocenters. The standard InChI is InChI=1S/C16H21N3O/c1-11-6-4-5-7-14(11)8-9-16(20)17-10-15-12(2)18-19-13(15)3/h4-7H,8-10H2,1-3H3,(H,17,20)(H,18,19). The number of nitrogens with zero attached hydrogens (tertiary/aromatic N) is 1. The highest BCUT2D eigenvalue weighted by Crippen LogP contribution is 2.10. The smallest absolute Gasteiger partial charge is 0.220 e. The Labute approximate surface area is 119 Å². The predicted molar refractivity (Wildman–Crippen MR) is 79.4 cm³/mol. The van der Waals surface area contributed by atoms with Crippen LogP contribution in [0.25, 0.3) is 0 Å². The van der Waals surface area contributed by atoms with Crippen LogP contribution in [0.4, 0.5) is 0 Å². The van der Waals surface area contributed by atoms with Gasteiger partial charge >= 0.3 is 0 Å². The van der Waals surface area contributed by atoms with Crippen molar-refractivity contribution in [2.24, 2.45) is 0 Å². The summed E-state index contributed by atoms with van der Waals surface area (Å²) in [6.45, 7) is 6.53. The number of aromatic amines is 1. The molecule has 2 N–H and O–H groups in total. The highest BCUT2D eigenvalue weighted by atomic mass is 16.1. The van der Waals surface area contributed by atoms with Gasteiger partial charge in [-0.25, -0.2) is 0 Å². The first-order chi connectivity index (χ1) is 9.58. The minimum absolute atomic E-state index is 0.0771. The Morgan fingerprint density at radius 1 is 1.25 bits per heavy atom. The molecule has 0 aliphatic carbocycles. The van der Waals surface area contributed by atoms with Crippen LogP contribution in [0, 0.1) is 20.8 Å². The van der Waals surface area contributed by atoms with Gasteiger partial charge in [-0.1, -0.05) is 24.3 Å². The van der Waals surface area contributed by atoms with Crippen molar-refractivity contribution in [3.05, 3.63) is 52.3 Å². The van der Waals surface area contributed by atoms with Crippen LogP contribution in [-0.2, 0) is 17.8 Å². The Hall–Kier alpha value is -2.10. The van der Waals surface area contributed by atoms with E-state index in [-0.39, 0.29) is 5.91 Å². The Bertz CT molecular complexity index is 582. The SMILES string of the molecule is Cc1ccccc1CCC(=O)NCc1c(C)n[nH]c1C. The molecule has 0 fully saturated rings. The number of H-pyrrole nitrogens is 1. The second-order valence-corrected chi connectivity index (χ2v) is 5.12. The van der Waals surface area contributed by atoms with E-state index in [2.05, 4.69) is 34.6 Å². The molecule has 2 rings (SSSR count). The first kappa shape index (κ1) is 14.3. The first-order valence-corrected chi connectivity index (χ1v) is 6.89. The molecule has 0 spiro atoms. The summed E-state index contributed by atoms with van der Waals surface area (Å²) in [5, 5.41) is 10.0. The maximum Gasteiger partial charge on any atom is 0.220 e. The summed E-state index contributed by atoms with van der Waals surface area (Å²) in [6.07, 6.45) is 1.29. The van der Waals surface area contributed by atoms with Crippen molar-refractivity contribution in [3.8, 4) is 0 Å². The van der Waals surface area contributed by atoms with Gasteiger partial charge in [0.1, 0.15) is 0 Å². The average Bonchev–Trinajstić information content (AvgIpc) is 2.75. The van der Waals surface area contributed by atoms with Gasteiger partial charge in [0.05, 0.1) is 5.69 Å². The van der Waals surface area contributed by atoms with Crippen molar-refractivity contribution in [3.63, 3.8) is 0 Å². The van der Waals surface area contributed by atoms with Gasteiger partial charge in [0.25, 0.3) is 0 Å². The Morgan fingerprint density at radius 2 is 2.00 bits per heavy atom. The second kappa shape index (κ2) is 6.37. The molecule has 0 unspecified atom stereocenters. The molecule has 4 heteroatoms. The van der Waals surface area contributed by atoms with Crippen LogP contribution < -0.4 is 5.32 Å². The van der Waals surface area contributed by atoms with Crippen molar-refractivity contribution >= 4 is 5.91 Å². The highest BCUT2D eigenvalue weighted by Gasteiger charge is 2.08. The fraction of sp³-hybridized carbons (Fsp3) is 0.375. The zero-order valence-electron chi connectivity index (χ0n) is 12.3. The van der Waals surface area contributed by atoms with Crippen molar-refractivity contribution in [2.75, 3.05) is 0 Å². The number of rotatable bonds is 5. The maximum atomic E-state index is 11.9. The molecule has 0 aliphatic rings. The number of amides is 1. The molecule has 0 saturated carbocycles. The molecule has 0 saturated heterocycles. The van der Waals surface area contributed by atoms with E-state index in [1.165, 1.54) is 11.1 Å². The molecule has 0 bridgehead atoms. The molecule has 1 aromatic carbocycles. The van der Waals surface area contributed by atoms with Gasteiger partial charge in [0.15, 0.2) is 0 Å². The topological polar surface area (TPSA) is 57.8 Å². The fourth-order valence-corrected chi connectivity index (χ4v) is 2.25. The summed E-state index contributed by atoms with van der Waals surface area (Å²) in [6, 6.07) is 8.18. The largest absolute Gasteiger partial charge is 0.352 e. The molecule has 106 valence electrons. The summed E-state index contributed by atoms with van der Waals surface area (Å²) >= 11 is 0. The van der Waals surface area contributed by atoms with E-state index < -0.39 is 0 Å². The lowest BCUT2D eigenvalue weighted by Gasteiger charge is -2.07. The van der Waals surface area contributed by atoms with Gasteiger partial charge in [-0.3, -0.25) is 9.89 Å². The third-order valence-corrected chi connectivity index (χ3v) is 3.63. The number of carbonyl (C=O) groups is 1. The number of aromatic nitrogens is 2. The highest BCUT2D eigenvalue weighted by molar-refractivity contribution is 5.76. The minimum atomic E-state index is 0.0771. The molecule has 1 aromatic heterocycles. The van der Waals surface area contributed by atoms with E-state index in [1.807, 2.05) is 26.0 Å². The van der Waals surface area contributed by atoms with Gasteiger partial charge in [0.2, 0.25) is 5.91 Å². The van der Waals surface area contributed by atoms with Gasteiger partial charge in [-0.2, -0.15) is 5.10 Å². The third kappa shape index (κ3) is 3.47. The van der Waals surface area contributed by atoms with E-state index >= 15 is 0 Å². The molecular formula is C16H21N3O. The van der Waals surface area contributed by atoms with Crippen LogP contribution >= 0.6 is 0 Å². The number of hydrogen-bond donors (Lipinski definition) is 2. The lowest BCUT2D eigenvalue weighted by Crippen LogP contribution is -2.23. The van der Waals surface area contributed by atoms with Gasteiger partial charge < -0.3 is 5.32 Å². The Kier molecular flexibility index (Phi) is 4.56. The molecule has 20 heavy (non-hydrogen) atoms. The van der Waals surface area contributed by atoms with Crippen molar-refractivity contribution in [1.82, 2.24) is 15.5 Å². The summed E-state index contributed by atoms with van der Waals surface area (Å²) in [5.74, 6) is 0.0771. The summed E-state index contributed by atoms with van der Waals surface area (Å²) < 4.78 is 0. The van der Waals surface area contributed by atoms with E-state index in [4.69, 9.17) is 0 Å². The van der Waals surface area contributed by atoms with Crippen LogP contribution in [0.15, 0.2) is 24.3 Å². The van der Waals surface area contributed by atoms with E-state index in [0.717, 1.165) is 23.4 Å². The molecule has 4 nitrogen and oxygen atoms in total. The molecule has 0 radical (unpaired) electrons. The van der Waals surface area contributed by atoms with Gasteiger partial charge in [0, 0.05) is 24.2 Å². The van der Waals surface area contributed by atoms with Crippen molar-refractivity contribution < 1.29 is 4.79 Å². The minimum Gasteiger partial charge on any atom is -0.352 e. The monoisotopic (exact) mass is 271 g/mol. The first-order valence-electron chi connectivity index (χ1n) is 6.89. The number of benzene rings is 1. The van der Waals surface area contributed by atoms with Gasteiger partial charge in [-0.15, -0.1) is 0 Å². The second-order valence-electron chi connectivity index (χ2n) is 5.12. The molecule has 0 aliphatic heterocycles. The number of nitrogens with one attached hydrogen (secondary N) is 2. The third-order valence-electron chi connectivity index (χ3n) is 3.63. The van der Waals surface area contributed by atoms with Crippen LogP contribution in [-0.4, -0.2) is 16.1 Å². The van der Waals surface area contributed by atoms with E-state index in [9.17, 15) is 4.79 Å². The number of carbonyl (C=O) groups excluding carboxylic acids is 1. The van der Waals surface area contributed by atoms with Crippen LogP contribution in [0.3, 0.4) is 0 Å². The van der Waals surface area contributed by atoms with Crippen LogP contribution in [0.1, 0.15) is 34.5 Å². The normalized spacial score (nSPS) is 10.6. The van der Waals surface area contributed by atoms with Crippen LogP contribution in [0.2, 0.25) is 0 Å². The maximum absolute atomic E-state index is 11.9. The Morgan fingerprint density at radius 3 is 2.65 bits per heavy atom. The average molecular weight is 271 g/mol. The molecule has 2 aromatic rings. The summed E-state index contributed by atoms with van der Waals surface area (Å²) in [5.41, 5.74) is 5.51. The van der Waals surface area contributed by atoms with Crippen LogP contribution in [0.5, 0.6) is 0 Å².